The van der Waals surface area contributed by atoms with Crippen molar-refractivity contribution in [2.45, 2.75) is 6.42 Å². The zero-order valence-corrected chi connectivity index (χ0v) is 17.5. The van der Waals surface area contributed by atoms with Crippen LogP contribution in [0.3, 0.4) is 0 Å². The maximum atomic E-state index is 12.8. The van der Waals surface area contributed by atoms with Crippen molar-refractivity contribution in [1.82, 2.24) is 4.90 Å². The Labute approximate surface area is 178 Å². The summed E-state index contributed by atoms with van der Waals surface area (Å²) in [4.78, 5) is 26.1. The molecule has 0 atom stereocenters. The number of nitrogens with zero attached hydrogens (tertiary/aromatic N) is 1. The highest BCUT2D eigenvalue weighted by molar-refractivity contribution is 8.26. The summed E-state index contributed by atoms with van der Waals surface area (Å²) in [6.07, 6.45) is 2.17. The fourth-order valence-electron chi connectivity index (χ4n) is 2.93. The summed E-state index contributed by atoms with van der Waals surface area (Å²) in [5, 5.41) is 9.32. The van der Waals surface area contributed by atoms with Gasteiger partial charge in [0.2, 0.25) is 0 Å². The number of benzene rings is 2. The molecule has 0 spiro atoms. The highest BCUT2D eigenvalue weighted by atomic mass is 32.2. The predicted molar refractivity (Wildman–Crippen MR) is 117 cm³/mol. The summed E-state index contributed by atoms with van der Waals surface area (Å²) in [5.74, 6) is 0.00361. The molecule has 2 aromatic carbocycles. The van der Waals surface area contributed by atoms with E-state index in [0.29, 0.717) is 39.3 Å². The van der Waals surface area contributed by atoms with Crippen molar-refractivity contribution >= 4 is 46.3 Å². The molecule has 1 fully saturated rings. The number of amides is 1. The number of carboxylic acids is 1. The van der Waals surface area contributed by atoms with Gasteiger partial charge in [-0.3, -0.25) is 9.69 Å². The number of thioether (sulfide) groups is 1. The first-order valence-electron chi connectivity index (χ1n) is 8.73. The average Bonchev–Trinajstić information content (AvgIpc) is 2.99. The van der Waals surface area contributed by atoms with E-state index >= 15 is 0 Å². The summed E-state index contributed by atoms with van der Waals surface area (Å²) < 4.78 is 11.0. The number of thiocarbonyl (C=S) groups is 1. The van der Waals surface area contributed by atoms with Crippen LogP contribution < -0.4 is 9.47 Å². The molecule has 0 aromatic heterocycles. The van der Waals surface area contributed by atoms with Crippen LogP contribution in [0.25, 0.3) is 6.08 Å². The number of rotatable bonds is 7. The molecule has 3 rings (SSSR count). The third-order valence-electron chi connectivity index (χ3n) is 4.42. The van der Waals surface area contributed by atoms with Crippen molar-refractivity contribution in [2.24, 2.45) is 0 Å². The minimum Gasteiger partial charge on any atom is -0.493 e. The van der Waals surface area contributed by atoms with E-state index in [1.165, 1.54) is 22.7 Å². The maximum absolute atomic E-state index is 12.8. The van der Waals surface area contributed by atoms with Gasteiger partial charge in [0.05, 0.1) is 24.7 Å². The Balaban J connectivity index is 1.76. The predicted octanol–water partition coefficient (Wildman–Crippen LogP) is 3.85. The van der Waals surface area contributed by atoms with E-state index in [9.17, 15) is 14.7 Å². The van der Waals surface area contributed by atoms with Crippen LogP contribution in [0.15, 0.2) is 47.4 Å². The molecule has 1 saturated heterocycles. The number of methoxy groups -OCH3 is 2. The molecule has 0 aliphatic carbocycles. The third kappa shape index (κ3) is 4.60. The summed E-state index contributed by atoms with van der Waals surface area (Å²) in [6.45, 7) is 0.415. The van der Waals surface area contributed by atoms with Crippen molar-refractivity contribution in [3.8, 4) is 11.5 Å². The monoisotopic (exact) mass is 429 g/mol. The van der Waals surface area contributed by atoms with Gasteiger partial charge in [0.15, 0.2) is 11.5 Å². The quantitative estimate of drug-likeness (QED) is 0.529. The second-order valence-corrected chi connectivity index (χ2v) is 7.84. The fourth-order valence-corrected chi connectivity index (χ4v) is 4.23. The number of carbonyl (C=O) groups is 2. The maximum Gasteiger partial charge on any atom is 0.336 e. The van der Waals surface area contributed by atoms with Crippen molar-refractivity contribution in [2.75, 3.05) is 20.8 Å². The van der Waals surface area contributed by atoms with Crippen LogP contribution in [0.4, 0.5) is 0 Å². The van der Waals surface area contributed by atoms with Gasteiger partial charge >= 0.3 is 5.97 Å². The van der Waals surface area contributed by atoms with E-state index in [2.05, 4.69) is 0 Å². The first-order chi connectivity index (χ1) is 13.9. The molecule has 1 amide bonds. The molecule has 0 saturated carbocycles. The third-order valence-corrected chi connectivity index (χ3v) is 5.80. The van der Waals surface area contributed by atoms with Gasteiger partial charge in [-0.15, -0.1) is 0 Å². The van der Waals surface area contributed by atoms with Crippen molar-refractivity contribution in [3.63, 3.8) is 0 Å². The highest BCUT2D eigenvalue weighted by Gasteiger charge is 2.32. The summed E-state index contributed by atoms with van der Waals surface area (Å²) in [6, 6.07) is 12.2. The molecule has 1 aliphatic heterocycles. The minimum absolute atomic E-state index is 0.142. The number of aromatic carboxylic acids is 1. The van der Waals surface area contributed by atoms with Crippen LogP contribution in [0.2, 0.25) is 0 Å². The molecule has 1 N–H and O–H groups in total. The number of hydrogen-bond acceptors (Lipinski definition) is 6. The fraction of sp³-hybridized carbons (Fsp3) is 0.190. The molecule has 0 radical (unpaired) electrons. The first kappa shape index (κ1) is 20.9. The van der Waals surface area contributed by atoms with E-state index in [-0.39, 0.29) is 11.5 Å². The molecule has 2 aromatic rings. The van der Waals surface area contributed by atoms with E-state index in [4.69, 9.17) is 21.7 Å². The van der Waals surface area contributed by atoms with E-state index in [0.717, 1.165) is 5.56 Å². The average molecular weight is 430 g/mol. The number of hydrogen-bond donors (Lipinski definition) is 1. The zero-order chi connectivity index (χ0) is 21.0. The SMILES string of the molecule is COc1ccc(CCN2C(=O)/C(=C\c3ccccc3C(=O)O)SC2=S)cc1OC. The van der Waals surface area contributed by atoms with E-state index in [1.807, 2.05) is 18.2 Å². The van der Waals surface area contributed by atoms with E-state index < -0.39 is 5.97 Å². The second-order valence-electron chi connectivity index (χ2n) is 6.17. The molecule has 0 unspecified atom stereocenters. The van der Waals surface area contributed by atoms with Crippen LogP contribution in [-0.4, -0.2) is 47.0 Å². The van der Waals surface area contributed by atoms with Gasteiger partial charge in [0.25, 0.3) is 5.91 Å². The number of carboxylic acid groups (broad SMARTS) is 1. The van der Waals surface area contributed by atoms with Crippen LogP contribution in [-0.2, 0) is 11.2 Å². The normalized spacial score (nSPS) is 15.1. The minimum atomic E-state index is -1.04. The zero-order valence-electron chi connectivity index (χ0n) is 15.9. The number of ether oxygens (including phenoxy) is 2. The lowest BCUT2D eigenvalue weighted by atomic mass is 10.1. The Kier molecular flexibility index (Phi) is 6.56. The topological polar surface area (TPSA) is 76.1 Å². The lowest BCUT2D eigenvalue weighted by Crippen LogP contribution is -2.30. The molecular weight excluding hydrogens is 410 g/mol. The largest absolute Gasteiger partial charge is 0.493 e. The Morgan fingerprint density at radius 1 is 1.17 bits per heavy atom. The Morgan fingerprint density at radius 2 is 1.90 bits per heavy atom. The van der Waals surface area contributed by atoms with Crippen molar-refractivity contribution in [1.29, 1.82) is 0 Å². The second kappa shape index (κ2) is 9.11. The number of carbonyl (C=O) groups excluding carboxylic acids is 1. The molecule has 1 heterocycles. The van der Waals surface area contributed by atoms with Crippen molar-refractivity contribution in [3.05, 3.63) is 64.1 Å². The molecule has 0 bridgehead atoms. The smallest absolute Gasteiger partial charge is 0.336 e. The molecule has 1 aliphatic rings. The summed E-state index contributed by atoms with van der Waals surface area (Å²) >= 11 is 6.54. The highest BCUT2D eigenvalue weighted by Crippen LogP contribution is 2.34. The van der Waals surface area contributed by atoms with Crippen LogP contribution in [0.5, 0.6) is 11.5 Å². The molecule has 6 nitrogen and oxygen atoms in total. The van der Waals surface area contributed by atoms with E-state index in [1.54, 1.807) is 38.5 Å². The first-order valence-corrected chi connectivity index (χ1v) is 9.95. The lowest BCUT2D eigenvalue weighted by molar-refractivity contribution is -0.122. The molecule has 29 heavy (non-hydrogen) atoms. The van der Waals surface area contributed by atoms with Gasteiger partial charge < -0.3 is 14.6 Å². The Hall–Kier alpha value is -2.84. The van der Waals surface area contributed by atoms with Gasteiger partial charge in [0, 0.05) is 6.54 Å². The Morgan fingerprint density at radius 3 is 2.59 bits per heavy atom. The Bertz CT molecular complexity index is 1000. The van der Waals surface area contributed by atoms with Gasteiger partial charge in [-0.1, -0.05) is 48.2 Å². The standard InChI is InChI=1S/C21H19NO5S2/c1-26-16-8-7-13(11-17(16)27-2)9-10-22-19(23)18(29-21(22)28)12-14-5-3-4-6-15(14)20(24)25/h3-8,11-12H,9-10H2,1-2H3,(H,24,25)/b18-12+. The lowest BCUT2D eigenvalue weighted by Gasteiger charge is -2.15. The molecule has 150 valence electrons. The van der Waals surface area contributed by atoms with Gasteiger partial charge in [0.1, 0.15) is 4.32 Å². The van der Waals surface area contributed by atoms with Gasteiger partial charge in [-0.2, -0.15) is 0 Å². The van der Waals surface area contributed by atoms with Gasteiger partial charge in [-0.25, -0.2) is 4.79 Å². The van der Waals surface area contributed by atoms with Gasteiger partial charge in [-0.05, 0) is 41.8 Å². The molecule has 8 heteroatoms. The summed E-state index contributed by atoms with van der Waals surface area (Å²) in [7, 11) is 3.15. The van der Waals surface area contributed by atoms with Crippen LogP contribution >= 0.6 is 24.0 Å². The van der Waals surface area contributed by atoms with Crippen molar-refractivity contribution < 1.29 is 24.2 Å². The molecular formula is C21H19NO5S2. The summed E-state index contributed by atoms with van der Waals surface area (Å²) in [5.41, 5.74) is 1.60. The van der Waals surface area contributed by atoms with Crippen LogP contribution in [0, 0.1) is 0 Å². The van der Waals surface area contributed by atoms with Crippen LogP contribution in [0.1, 0.15) is 21.5 Å².